The molecule has 0 saturated heterocycles. The smallest absolute Gasteiger partial charge is 0.248 e. The number of rotatable bonds is 7. The van der Waals surface area contributed by atoms with Crippen LogP contribution in [0.3, 0.4) is 0 Å². The first-order valence-corrected chi connectivity index (χ1v) is 10.8. The number of halogens is 1. The second-order valence-electron chi connectivity index (χ2n) is 6.52. The summed E-state index contributed by atoms with van der Waals surface area (Å²) in [4.78, 5) is 16.0. The van der Waals surface area contributed by atoms with Crippen molar-refractivity contribution in [1.82, 2.24) is 4.98 Å². The number of nitrogens with one attached hydrogen (secondary N) is 1. The number of hydrogen-bond acceptors (Lipinski definition) is 5. The van der Waals surface area contributed by atoms with E-state index in [1.165, 1.54) is 36.5 Å². The van der Waals surface area contributed by atoms with Crippen LogP contribution < -0.4 is 15.2 Å². The van der Waals surface area contributed by atoms with E-state index in [4.69, 9.17) is 9.88 Å². The molecule has 0 radical (unpaired) electrons. The lowest BCUT2D eigenvalue weighted by Crippen LogP contribution is -2.15. The van der Waals surface area contributed by atoms with Gasteiger partial charge in [-0.1, -0.05) is 19.1 Å². The topological polar surface area (TPSA) is 111 Å². The summed E-state index contributed by atoms with van der Waals surface area (Å²) in [6, 6.07) is 12.1. The summed E-state index contributed by atoms with van der Waals surface area (Å²) in [6.45, 7) is 1.80. The average Bonchev–Trinajstić information content (AvgIpc) is 2.74. The lowest BCUT2D eigenvalue weighted by atomic mass is 10.1. The maximum Gasteiger partial charge on any atom is 0.248 e. The molecule has 160 valence electrons. The molecule has 0 fully saturated rings. The van der Waals surface area contributed by atoms with Gasteiger partial charge in [-0.05, 0) is 60.0 Å². The lowest BCUT2D eigenvalue weighted by Gasteiger charge is -2.09. The van der Waals surface area contributed by atoms with E-state index in [1.54, 1.807) is 43.5 Å². The molecular formula is C22H20FN3O4S. The number of pyridine rings is 1. The summed E-state index contributed by atoms with van der Waals surface area (Å²) >= 11 is 0. The molecule has 1 amide bonds. The first-order valence-electron chi connectivity index (χ1n) is 9.28. The van der Waals surface area contributed by atoms with Crippen LogP contribution in [0.1, 0.15) is 18.1 Å². The van der Waals surface area contributed by atoms with Crippen LogP contribution in [0, 0.1) is 5.82 Å². The van der Waals surface area contributed by atoms with E-state index in [2.05, 4.69) is 10.3 Å². The van der Waals surface area contributed by atoms with Gasteiger partial charge in [0.25, 0.3) is 0 Å². The number of ether oxygens (including phenoxy) is 1. The molecule has 0 spiro atoms. The molecule has 1 aromatic heterocycles. The number of sulfonamides is 1. The first-order chi connectivity index (χ1) is 14.8. The highest BCUT2D eigenvalue weighted by Crippen LogP contribution is 2.25. The fourth-order valence-electron chi connectivity index (χ4n) is 2.78. The van der Waals surface area contributed by atoms with Gasteiger partial charge in [0.1, 0.15) is 5.75 Å². The summed E-state index contributed by atoms with van der Waals surface area (Å²) < 4.78 is 43.2. The Morgan fingerprint density at radius 1 is 1.23 bits per heavy atom. The Balaban J connectivity index is 1.69. The van der Waals surface area contributed by atoms with Crippen molar-refractivity contribution in [2.75, 3.05) is 5.32 Å². The van der Waals surface area contributed by atoms with E-state index < -0.39 is 21.7 Å². The Bertz CT molecular complexity index is 1230. The second kappa shape index (κ2) is 9.50. The standard InChI is InChI=1S/C22H20FN3O4S/c1-2-16-7-8-17(13-21(16)31(24,28)29)26-22(27)10-6-15-5-9-20(19(23)12-15)30-18-4-3-11-25-14-18/h3-14H,2H2,1H3,(H,26,27)(H2,24,28,29)/b10-6+. The minimum atomic E-state index is -3.92. The molecule has 3 rings (SSSR count). The zero-order chi connectivity index (χ0) is 22.4. The van der Waals surface area contributed by atoms with Crippen LogP contribution in [0.4, 0.5) is 10.1 Å². The van der Waals surface area contributed by atoms with Crippen molar-refractivity contribution >= 4 is 27.7 Å². The molecule has 1 heterocycles. The van der Waals surface area contributed by atoms with Crippen molar-refractivity contribution in [3.05, 3.63) is 83.9 Å². The third-order valence-electron chi connectivity index (χ3n) is 4.27. The van der Waals surface area contributed by atoms with Crippen LogP contribution in [0.15, 0.2) is 71.9 Å². The number of nitrogens with two attached hydrogens (primary N) is 1. The van der Waals surface area contributed by atoms with E-state index >= 15 is 0 Å². The average molecular weight is 441 g/mol. The third kappa shape index (κ3) is 5.97. The molecule has 7 nitrogen and oxygen atoms in total. The van der Waals surface area contributed by atoms with Gasteiger partial charge < -0.3 is 10.1 Å². The van der Waals surface area contributed by atoms with E-state index in [0.29, 0.717) is 23.3 Å². The van der Waals surface area contributed by atoms with Crippen molar-refractivity contribution in [3.63, 3.8) is 0 Å². The number of hydrogen-bond donors (Lipinski definition) is 2. The second-order valence-corrected chi connectivity index (χ2v) is 8.05. The highest BCUT2D eigenvalue weighted by molar-refractivity contribution is 7.89. The number of aromatic nitrogens is 1. The van der Waals surface area contributed by atoms with Gasteiger partial charge in [0.15, 0.2) is 11.6 Å². The number of carbonyl (C=O) groups is 1. The minimum absolute atomic E-state index is 0.0288. The van der Waals surface area contributed by atoms with Crippen molar-refractivity contribution < 1.29 is 22.3 Å². The Kier molecular flexibility index (Phi) is 6.78. The number of aryl methyl sites for hydroxylation is 1. The van der Waals surface area contributed by atoms with E-state index in [9.17, 15) is 17.6 Å². The summed E-state index contributed by atoms with van der Waals surface area (Å²) in [5.74, 6) is -0.682. The molecule has 3 N–H and O–H groups in total. The highest BCUT2D eigenvalue weighted by Gasteiger charge is 2.14. The molecule has 0 saturated carbocycles. The zero-order valence-corrected chi connectivity index (χ0v) is 17.4. The minimum Gasteiger partial charge on any atom is -0.453 e. The maximum absolute atomic E-state index is 14.3. The van der Waals surface area contributed by atoms with Gasteiger partial charge in [-0.3, -0.25) is 9.78 Å². The molecule has 3 aromatic rings. The number of primary sulfonamides is 1. The van der Waals surface area contributed by atoms with E-state index in [0.717, 1.165) is 0 Å². The Labute approximate surface area is 179 Å². The van der Waals surface area contributed by atoms with Crippen LogP contribution >= 0.6 is 0 Å². The molecule has 0 unspecified atom stereocenters. The van der Waals surface area contributed by atoms with Crippen molar-refractivity contribution in [1.29, 1.82) is 0 Å². The van der Waals surface area contributed by atoms with Crippen molar-refractivity contribution in [2.45, 2.75) is 18.2 Å². The first kappa shape index (κ1) is 22.1. The number of anilines is 1. The highest BCUT2D eigenvalue weighted by atomic mass is 32.2. The largest absolute Gasteiger partial charge is 0.453 e. The monoisotopic (exact) mass is 441 g/mol. The molecule has 0 atom stereocenters. The molecule has 0 bridgehead atoms. The van der Waals surface area contributed by atoms with Crippen LogP contribution in [-0.2, 0) is 21.2 Å². The van der Waals surface area contributed by atoms with Crippen LogP contribution in [-0.4, -0.2) is 19.3 Å². The normalized spacial score (nSPS) is 11.5. The Morgan fingerprint density at radius 3 is 2.68 bits per heavy atom. The third-order valence-corrected chi connectivity index (χ3v) is 5.26. The number of amides is 1. The number of benzene rings is 2. The zero-order valence-electron chi connectivity index (χ0n) is 16.6. The fourth-order valence-corrected chi connectivity index (χ4v) is 3.65. The number of nitrogens with zero attached hydrogens (tertiary/aromatic N) is 1. The van der Waals surface area contributed by atoms with Gasteiger partial charge in [-0.15, -0.1) is 0 Å². The van der Waals surface area contributed by atoms with Crippen LogP contribution in [0.2, 0.25) is 0 Å². The quantitative estimate of drug-likeness (QED) is 0.541. The van der Waals surface area contributed by atoms with Crippen molar-refractivity contribution in [3.8, 4) is 11.5 Å². The molecule has 0 aliphatic rings. The molecular weight excluding hydrogens is 421 g/mol. The van der Waals surface area contributed by atoms with Gasteiger partial charge in [0, 0.05) is 18.0 Å². The van der Waals surface area contributed by atoms with Gasteiger partial charge in [-0.2, -0.15) is 0 Å². The summed E-state index contributed by atoms with van der Waals surface area (Å²) in [5, 5.41) is 7.80. The SMILES string of the molecule is CCc1ccc(NC(=O)/C=C/c2ccc(Oc3cccnc3)c(F)c2)cc1S(N)(=O)=O. The van der Waals surface area contributed by atoms with Crippen LogP contribution in [0.25, 0.3) is 6.08 Å². The maximum atomic E-state index is 14.3. The van der Waals surface area contributed by atoms with Crippen LogP contribution in [0.5, 0.6) is 11.5 Å². The summed E-state index contributed by atoms with van der Waals surface area (Å²) in [6.07, 6.45) is 6.15. The van der Waals surface area contributed by atoms with Crippen molar-refractivity contribution in [2.24, 2.45) is 5.14 Å². The van der Waals surface area contributed by atoms with Gasteiger partial charge in [0.2, 0.25) is 15.9 Å². The molecule has 2 aromatic carbocycles. The number of carbonyl (C=O) groups excluding carboxylic acids is 1. The summed E-state index contributed by atoms with van der Waals surface area (Å²) in [5.41, 5.74) is 1.28. The van der Waals surface area contributed by atoms with Gasteiger partial charge in [0.05, 0.1) is 11.1 Å². The Morgan fingerprint density at radius 2 is 2.03 bits per heavy atom. The predicted octanol–water partition coefficient (Wildman–Crippen LogP) is 3.87. The summed E-state index contributed by atoms with van der Waals surface area (Å²) in [7, 11) is -3.92. The fraction of sp³-hybridized carbons (Fsp3) is 0.0909. The van der Waals surface area contributed by atoms with E-state index in [-0.39, 0.29) is 16.3 Å². The van der Waals surface area contributed by atoms with Gasteiger partial charge in [-0.25, -0.2) is 17.9 Å². The predicted molar refractivity (Wildman–Crippen MR) is 116 cm³/mol. The molecule has 0 aliphatic heterocycles. The Hall–Kier alpha value is -3.56. The molecule has 9 heteroatoms. The van der Waals surface area contributed by atoms with E-state index in [1.807, 2.05) is 0 Å². The lowest BCUT2D eigenvalue weighted by molar-refractivity contribution is -0.111. The van der Waals surface area contributed by atoms with Gasteiger partial charge >= 0.3 is 0 Å². The molecule has 0 aliphatic carbocycles. The molecule has 31 heavy (non-hydrogen) atoms.